The van der Waals surface area contributed by atoms with E-state index in [-0.39, 0.29) is 12.5 Å². The van der Waals surface area contributed by atoms with E-state index < -0.39 is 5.54 Å². The first-order chi connectivity index (χ1) is 11.7. The van der Waals surface area contributed by atoms with Gasteiger partial charge in [0, 0.05) is 24.4 Å². The summed E-state index contributed by atoms with van der Waals surface area (Å²) in [5.74, 6) is 0.105. The average Bonchev–Trinajstić information content (AvgIpc) is 3.10. The van der Waals surface area contributed by atoms with Crippen LogP contribution in [0.3, 0.4) is 0 Å². The van der Waals surface area contributed by atoms with E-state index in [4.69, 9.17) is 9.47 Å². The summed E-state index contributed by atoms with van der Waals surface area (Å²) in [6.45, 7) is 1.08. The Bertz CT molecular complexity index is 684. The van der Waals surface area contributed by atoms with Crippen LogP contribution >= 0.6 is 0 Å². The van der Waals surface area contributed by atoms with Gasteiger partial charge >= 0.3 is 0 Å². The van der Waals surface area contributed by atoms with Gasteiger partial charge in [-0.2, -0.15) is 0 Å². The van der Waals surface area contributed by atoms with Gasteiger partial charge < -0.3 is 19.9 Å². The summed E-state index contributed by atoms with van der Waals surface area (Å²) in [5, 5.41) is 12.4. The number of aliphatic hydroxyl groups is 1. The third kappa shape index (κ3) is 3.90. The lowest BCUT2D eigenvalue weighted by atomic mass is 9.99. The fourth-order valence-corrected chi connectivity index (χ4v) is 2.54. The van der Waals surface area contributed by atoms with Crippen LogP contribution < -0.4 is 10.1 Å². The van der Waals surface area contributed by atoms with Gasteiger partial charge in [-0.1, -0.05) is 30.3 Å². The molecule has 1 aliphatic heterocycles. The average molecular weight is 328 g/mol. The highest BCUT2D eigenvalue weighted by molar-refractivity contribution is 5.94. The maximum absolute atomic E-state index is 12.4. The van der Waals surface area contributed by atoms with Crippen molar-refractivity contribution in [2.75, 3.05) is 19.8 Å². The Morgan fingerprint density at radius 2 is 2.17 bits per heavy atom. The monoisotopic (exact) mass is 328 g/mol. The molecule has 1 aliphatic rings. The maximum Gasteiger partial charge on any atom is 0.252 e. The van der Waals surface area contributed by atoms with Crippen molar-refractivity contribution in [3.63, 3.8) is 0 Å². The largest absolute Gasteiger partial charge is 0.473 e. The molecule has 6 nitrogen and oxygen atoms in total. The molecule has 2 aromatic rings. The number of benzene rings is 1. The maximum atomic E-state index is 12.4. The molecule has 3 rings (SSSR count). The van der Waals surface area contributed by atoms with Crippen LogP contribution in [0.4, 0.5) is 0 Å². The first kappa shape index (κ1) is 16.4. The SMILES string of the molecule is O=C(NC1(CO)CCOC1)c1ccnc(OCc2ccccc2)c1. The first-order valence-electron chi connectivity index (χ1n) is 7.85. The second-order valence-corrected chi connectivity index (χ2v) is 5.85. The van der Waals surface area contributed by atoms with Crippen LogP contribution in [-0.4, -0.2) is 41.4 Å². The molecule has 1 aromatic heterocycles. The molecule has 0 aliphatic carbocycles. The zero-order chi connectivity index (χ0) is 16.8. The Hall–Kier alpha value is -2.44. The number of carbonyl (C=O) groups excluding carboxylic acids is 1. The smallest absolute Gasteiger partial charge is 0.252 e. The topological polar surface area (TPSA) is 80.7 Å². The van der Waals surface area contributed by atoms with E-state index in [0.29, 0.717) is 37.7 Å². The molecule has 0 spiro atoms. The number of nitrogens with one attached hydrogen (secondary N) is 1. The summed E-state index contributed by atoms with van der Waals surface area (Å²) >= 11 is 0. The second kappa shape index (κ2) is 7.42. The summed E-state index contributed by atoms with van der Waals surface area (Å²) in [5.41, 5.74) is 0.759. The molecule has 0 saturated carbocycles. The van der Waals surface area contributed by atoms with Gasteiger partial charge in [0.05, 0.1) is 18.8 Å². The van der Waals surface area contributed by atoms with Gasteiger partial charge in [-0.15, -0.1) is 0 Å². The Kier molecular flexibility index (Phi) is 5.08. The molecule has 1 saturated heterocycles. The van der Waals surface area contributed by atoms with Crippen molar-refractivity contribution < 1.29 is 19.4 Å². The highest BCUT2D eigenvalue weighted by Crippen LogP contribution is 2.19. The molecule has 126 valence electrons. The molecule has 6 heteroatoms. The normalized spacial score (nSPS) is 19.9. The van der Waals surface area contributed by atoms with Crippen LogP contribution in [0.1, 0.15) is 22.3 Å². The highest BCUT2D eigenvalue weighted by Gasteiger charge is 2.36. The zero-order valence-corrected chi connectivity index (χ0v) is 13.3. The van der Waals surface area contributed by atoms with Gasteiger partial charge in [-0.05, 0) is 18.1 Å². The number of rotatable bonds is 6. The number of nitrogens with zero attached hydrogens (tertiary/aromatic N) is 1. The van der Waals surface area contributed by atoms with E-state index in [1.807, 2.05) is 30.3 Å². The number of aromatic nitrogens is 1. The summed E-state index contributed by atoms with van der Waals surface area (Å²) in [4.78, 5) is 16.6. The van der Waals surface area contributed by atoms with Crippen LogP contribution in [0.5, 0.6) is 5.88 Å². The lowest BCUT2D eigenvalue weighted by molar-refractivity contribution is 0.0789. The molecular weight excluding hydrogens is 308 g/mol. The van der Waals surface area contributed by atoms with Crippen LogP contribution in [0.15, 0.2) is 48.7 Å². The number of carbonyl (C=O) groups is 1. The zero-order valence-electron chi connectivity index (χ0n) is 13.3. The third-order valence-corrected chi connectivity index (χ3v) is 4.01. The van der Waals surface area contributed by atoms with Gasteiger partial charge in [0.1, 0.15) is 6.61 Å². The molecule has 0 bridgehead atoms. The number of aliphatic hydroxyl groups excluding tert-OH is 1. The Morgan fingerprint density at radius 3 is 2.88 bits per heavy atom. The fraction of sp³-hybridized carbons (Fsp3) is 0.333. The number of amides is 1. The van der Waals surface area contributed by atoms with Crippen molar-refractivity contribution in [1.82, 2.24) is 10.3 Å². The predicted molar refractivity (Wildman–Crippen MR) is 87.7 cm³/mol. The van der Waals surface area contributed by atoms with Gasteiger partial charge in [0.25, 0.3) is 5.91 Å². The van der Waals surface area contributed by atoms with E-state index in [0.717, 1.165) is 5.56 Å². The number of hydrogen-bond donors (Lipinski definition) is 2. The van der Waals surface area contributed by atoms with Crippen molar-refractivity contribution in [2.45, 2.75) is 18.6 Å². The van der Waals surface area contributed by atoms with Crippen molar-refractivity contribution in [3.8, 4) is 5.88 Å². The van der Waals surface area contributed by atoms with Crippen molar-refractivity contribution >= 4 is 5.91 Å². The molecule has 24 heavy (non-hydrogen) atoms. The fourth-order valence-electron chi connectivity index (χ4n) is 2.54. The van der Waals surface area contributed by atoms with E-state index in [9.17, 15) is 9.90 Å². The Labute approximate surface area is 140 Å². The molecule has 1 fully saturated rings. The van der Waals surface area contributed by atoms with Crippen LogP contribution in [-0.2, 0) is 11.3 Å². The van der Waals surface area contributed by atoms with Crippen molar-refractivity contribution in [2.24, 2.45) is 0 Å². The summed E-state index contributed by atoms with van der Waals surface area (Å²) in [6.07, 6.45) is 2.13. The molecule has 2 N–H and O–H groups in total. The quantitative estimate of drug-likeness (QED) is 0.841. The van der Waals surface area contributed by atoms with Crippen molar-refractivity contribution in [3.05, 3.63) is 59.8 Å². The number of pyridine rings is 1. The minimum atomic E-state index is -0.703. The van der Waals surface area contributed by atoms with Crippen LogP contribution in [0.2, 0.25) is 0 Å². The third-order valence-electron chi connectivity index (χ3n) is 4.01. The minimum Gasteiger partial charge on any atom is -0.473 e. The molecule has 1 aromatic carbocycles. The number of ether oxygens (including phenoxy) is 2. The highest BCUT2D eigenvalue weighted by atomic mass is 16.5. The summed E-state index contributed by atoms with van der Waals surface area (Å²) in [7, 11) is 0. The van der Waals surface area contributed by atoms with Gasteiger partial charge in [-0.25, -0.2) is 4.98 Å². The second-order valence-electron chi connectivity index (χ2n) is 5.85. The predicted octanol–water partition coefficient (Wildman–Crippen LogP) is 1.54. The van der Waals surface area contributed by atoms with E-state index in [1.54, 1.807) is 12.1 Å². The number of hydrogen-bond acceptors (Lipinski definition) is 5. The van der Waals surface area contributed by atoms with E-state index in [2.05, 4.69) is 10.3 Å². The van der Waals surface area contributed by atoms with E-state index in [1.165, 1.54) is 6.20 Å². The molecule has 2 heterocycles. The van der Waals surface area contributed by atoms with Gasteiger partial charge in [0.2, 0.25) is 5.88 Å². The van der Waals surface area contributed by atoms with Crippen LogP contribution in [0.25, 0.3) is 0 Å². The van der Waals surface area contributed by atoms with E-state index >= 15 is 0 Å². The molecule has 1 unspecified atom stereocenters. The lowest BCUT2D eigenvalue weighted by Crippen LogP contribution is -2.52. The molecule has 1 amide bonds. The van der Waals surface area contributed by atoms with Gasteiger partial charge in [-0.3, -0.25) is 4.79 Å². The summed E-state index contributed by atoms with van der Waals surface area (Å²) < 4.78 is 10.9. The van der Waals surface area contributed by atoms with Crippen LogP contribution in [0, 0.1) is 0 Å². The molecular formula is C18H20N2O4. The minimum absolute atomic E-state index is 0.152. The Morgan fingerprint density at radius 1 is 1.33 bits per heavy atom. The summed E-state index contributed by atoms with van der Waals surface area (Å²) in [6, 6.07) is 13.0. The standard InChI is InChI=1S/C18H20N2O4/c21-12-18(7-9-23-13-18)20-17(22)15-6-8-19-16(10-15)24-11-14-4-2-1-3-5-14/h1-6,8,10,21H,7,9,11-13H2,(H,20,22). The molecule has 1 atom stereocenters. The first-order valence-corrected chi connectivity index (χ1v) is 7.85. The molecule has 0 radical (unpaired) electrons. The van der Waals surface area contributed by atoms with Crippen molar-refractivity contribution in [1.29, 1.82) is 0 Å². The Balaban J connectivity index is 1.65. The lowest BCUT2D eigenvalue weighted by Gasteiger charge is -2.26. The van der Waals surface area contributed by atoms with Gasteiger partial charge in [0.15, 0.2) is 0 Å².